The molecular formula is C18H24N2O3. The molecule has 0 aliphatic rings. The number of rotatable bonds is 6. The molecule has 1 amide bonds. The number of oxazole rings is 1. The van der Waals surface area contributed by atoms with Crippen molar-refractivity contribution >= 4 is 23.1 Å². The zero-order valence-corrected chi connectivity index (χ0v) is 14.0. The van der Waals surface area contributed by atoms with Crippen LogP contribution >= 0.6 is 0 Å². The Hall–Kier alpha value is -2.14. The second-order valence-corrected chi connectivity index (χ2v) is 6.75. The minimum atomic E-state index is -0.101. The summed E-state index contributed by atoms with van der Waals surface area (Å²) >= 11 is 0. The Kier molecular flexibility index (Phi) is 5.55. The Bertz CT molecular complexity index is 650. The standard InChI is InChI=1S/C18H24N2O3/c1-18(2,3)13-20(11-6-12-21)17(22)10-9-16-19-14-7-4-5-8-15(14)23-16/h4-5,7-10,21H,6,11-13H2,1-3H3/b10-9+. The highest BCUT2D eigenvalue weighted by Crippen LogP contribution is 2.17. The zero-order valence-electron chi connectivity index (χ0n) is 14.0. The van der Waals surface area contributed by atoms with Crippen molar-refractivity contribution in [3.63, 3.8) is 0 Å². The van der Waals surface area contributed by atoms with Gasteiger partial charge in [0.1, 0.15) is 5.52 Å². The quantitative estimate of drug-likeness (QED) is 0.832. The number of aliphatic hydroxyl groups is 1. The van der Waals surface area contributed by atoms with Crippen molar-refractivity contribution < 1.29 is 14.3 Å². The molecule has 0 atom stereocenters. The second kappa shape index (κ2) is 7.42. The van der Waals surface area contributed by atoms with Gasteiger partial charge in [0.25, 0.3) is 0 Å². The predicted molar refractivity (Wildman–Crippen MR) is 90.8 cm³/mol. The number of amides is 1. The van der Waals surface area contributed by atoms with Crippen molar-refractivity contribution in [2.45, 2.75) is 27.2 Å². The van der Waals surface area contributed by atoms with Crippen LogP contribution in [0.4, 0.5) is 0 Å². The van der Waals surface area contributed by atoms with E-state index in [2.05, 4.69) is 25.8 Å². The second-order valence-electron chi connectivity index (χ2n) is 6.75. The Balaban J connectivity index is 2.09. The maximum absolute atomic E-state index is 12.4. The SMILES string of the molecule is CC(C)(C)CN(CCCO)C(=O)/C=C/c1nc2ccccc2o1. The lowest BCUT2D eigenvalue weighted by Crippen LogP contribution is -2.37. The van der Waals surface area contributed by atoms with E-state index in [9.17, 15) is 4.79 Å². The molecule has 0 fully saturated rings. The van der Waals surface area contributed by atoms with Gasteiger partial charge in [-0.15, -0.1) is 0 Å². The van der Waals surface area contributed by atoms with E-state index in [0.717, 1.165) is 5.52 Å². The average Bonchev–Trinajstić information content (AvgIpc) is 2.90. The smallest absolute Gasteiger partial charge is 0.246 e. The summed E-state index contributed by atoms with van der Waals surface area (Å²) in [7, 11) is 0. The number of benzene rings is 1. The van der Waals surface area contributed by atoms with Crippen molar-refractivity contribution in [1.29, 1.82) is 0 Å². The van der Waals surface area contributed by atoms with Gasteiger partial charge in [-0.2, -0.15) is 0 Å². The molecule has 2 rings (SSSR count). The fraction of sp³-hybridized carbons (Fsp3) is 0.444. The molecule has 0 saturated carbocycles. The normalized spacial score (nSPS) is 12.2. The van der Waals surface area contributed by atoms with Gasteiger partial charge in [-0.3, -0.25) is 4.79 Å². The molecule has 1 N–H and O–H groups in total. The molecule has 0 aliphatic carbocycles. The van der Waals surface area contributed by atoms with E-state index in [1.54, 1.807) is 11.0 Å². The van der Waals surface area contributed by atoms with E-state index >= 15 is 0 Å². The highest BCUT2D eigenvalue weighted by Gasteiger charge is 2.19. The van der Waals surface area contributed by atoms with Crippen LogP contribution < -0.4 is 0 Å². The molecule has 0 unspecified atom stereocenters. The van der Waals surface area contributed by atoms with E-state index in [4.69, 9.17) is 9.52 Å². The van der Waals surface area contributed by atoms with Crippen LogP contribution in [0, 0.1) is 5.41 Å². The van der Waals surface area contributed by atoms with Crippen LogP contribution in [0.1, 0.15) is 33.1 Å². The van der Waals surface area contributed by atoms with Crippen LogP contribution in [-0.4, -0.2) is 40.6 Å². The first-order chi connectivity index (χ1) is 10.9. The fourth-order valence-electron chi connectivity index (χ4n) is 2.31. The maximum atomic E-state index is 12.4. The van der Waals surface area contributed by atoms with Gasteiger partial charge >= 0.3 is 0 Å². The molecule has 2 aromatic rings. The Morgan fingerprint density at radius 2 is 2.09 bits per heavy atom. The number of para-hydroxylation sites is 2. The van der Waals surface area contributed by atoms with E-state index < -0.39 is 0 Å². The molecule has 0 spiro atoms. The molecule has 0 aliphatic heterocycles. The minimum Gasteiger partial charge on any atom is -0.437 e. The van der Waals surface area contributed by atoms with Gasteiger partial charge in [0.2, 0.25) is 11.8 Å². The van der Waals surface area contributed by atoms with Gasteiger partial charge in [0.15, 0.2) is 5.58 Å². The lowest BCUT2D eigenvalue weighted by atomic mass is 9.96. The third-order valence-electron chi connectivity index (χ3n) is 3.24. The summed E-state index contributed by atoms with van der Waals surface area (Å²) in [5.41, 5.74) is 1.47. The number of carbonyl (C=O) groups excluding carboxylic acids is 1. The van der Waals surface area contributed by atoms with E-state index in [1.165, 1.54) is 6.08 Å². The summed E-state index contributed by atoms with van der Waals surface area (Å²) < 4.78 is 5.57. The number of fused-ring (bicyclic) bond motifs is 1. The molecule has 23 heavy (non-hydrogen) atoms. The molecular weight excluding hydrogens is 292 g/mol. The Labute approximate surface area is 136 Å². The van der Waals surface area contributed by atoms with Gasteiger partial charge in [0.05, 0.1) is 0 Å². The van der Waals surface area contributed by atoms with Crippen molar-refractivity contribution in [1.82, 2.24) is 9.88 Å². The lowest BCUT2D eigenvalue weighted by molar-refractivity contribution is -0.127. The molecule has 0 saturated heterocycles. The summed E-state index contributed by atoms with van der Waals surface area (Å²) in [6.45, 7) is 7.47. The molecule has 124 valence electrons. The molecule has 5 heteroatoms. The van der Waals surface area contributed by atoms with Crippen LogP contribution in [0.2, 0.25) is 0 Å². The topological polar surface area (TPSA) is 66.6 Å². The summed E-state index contributed by atoms with van der Waals surface area (Å²) in [5, 5.41) is 9.00. The largest absolute Gasteiger partial charge is 0.437 e. The van der Waals surface area contributed by atoms with Crippen molar-refractivity contribution in [2.75, 3.05) is 19.7 Å². The van der Waals surface area contributed by atoms with Crippen LogP contribution in [0.15, 0.2) is 34.8 Å². The van der Waals surface area contributed by atoms with Crippen molar-refractivity contribution in [3.05, 3.63) is 36.2 Å². The van der Waals surface area contributed by atoms with E-state index in [-0.39, 0.29) is 17.9 Å². The first-order valence-electron chi connectivity index (χ1n) is 7.82. The van der Waals surface area contributed by atoms with Crippen molar-refractivity contribution in [3.8, 4) is 0 Å². The number of hydrogen-bond donors (Lipinski definition) is 1. The molecule has 5 nitrogen and oxygen atoms in total. The predicted octanol–water partition coefficient (Wildman–Crippen LogP) is 3.10. The number of hydrogen-bond acceptors (Lipinski definition) is 4. The molecule has 1 aromatic carbocycles. The highest BCUT2D eigenvalue weighted by molar-refractivity contribution is 5.91. The Morgan fingerprint density at radius 3 is 2.74 bits per heavy atom. The third kappa shape index (κ3) is 5.21. The molecule has 1 heterocycles. The summed E-state index contributed by atoms with van der Waals surface area (Å²) in [6.07, 6.45) is 3.64. The monoisotopic (exact) mass is 316 g/mol. The fourth-order valence-corrected chi connectivity index (χ4v) is 2.31. The number of aliphatic hydroxyl groups excluding tert-OH is 1. The summed E-state index contributed by atoms with van der Waals surface area (Å²) in [4.78, 5) is 18.5. The van der Waals surface area contributed by atoms with Gasteiger partial charge in [0, 0.05) is 31.8 Å². The number of aromatic nitrogens is 1. The van der Waals surface area contributed by atoms with Gasteiger partial charge in [-0.05, 0) is 24.0 Å². The maximum Gasteiger partial charge on any atom is 0.246 e. The lowest BCUT2D eigenvalue weighted by Gasteiger charge is -2.29. The third-order valence-corrected chi connectivity index (χ3v) is 3.24. The number of nitrogens with zero attached hydrogens (tertiary/aromatic N) is 2. The molecule has 0 radical (unpaired) electrons. The van der Waals surface area contributed by atoms with E-state index in [1.807, 2.05) is 24.3 Å². The van der Waals surface area contributed by atoms with Crippen molar-refractivity contribution in [2.24, 2.45) is 5.41 Å². The van der Waals surface area contributed by atoms with E-state index in [0.29, 0.717) is 31.0 Å². The zero-order chi connectivity index (χ0) is 16.9. The minimum absolute atomic E-state index is 0.00340. The van der Waals surface area contributed by atoms with Gasteiger partial charge in [-0.25, -0.2) is 4.98 Å². The van der Waals surface area contributed by atoms with Crippen LogP contribution in [0.3, 0.4) is 0 Å². The summed E-state index contributed by atoms with van der Waals surface area (Å²) in [6, 6.07) is 7.48. The first-order valence-corrected chi connectivity index (χ1v) is 7.82. The Morgan fingerprint density at radius 1 is 1.35 bits per heavy atom. The first kappa shape index (κ1) is 17.2. The number of carbonyl (C=O) groups is 1. The van der Waals surface area contributed by atoms with Gasteiger partial charge in [-0.1, -0.05) is 32.9 Å². The van der Waals surface area contributed by atoms with Crippen LogP contribution in [0.25, 0.3) is 17.2 Å². The highest BCUT2D eigenvalue weighted by atomic mass is 16.3. The van der Waals surface area contributed by atoms with Gasteiger partial charge < -0.3 is 14.4 Å². The summed E-state index contributed by atoms with van der Waals surface area (Å²) in [5.74, 6) is 0.313. The molecule has 1 aromatic heterocycles. The molecule has 0 bridgehead atoms. The average molecular weight is 316 g/mol. The van der Waals surface area contributed by atoms with Crippen LogP contribution in [-0.2, 0) is 4.79 Å². The van der Waals surface area contributed by atoms with Crippen LogP contribution in [0.5, 0.6) is 0 Å².